The third kappa shape index (κ3) is 1.08. The van der Waals surface area contributed by atoms with Crippen LogP contribution in [-0.4, -0.2) is 15.4 Å². The number of halogens is 2. The van der Waals surface area contributed by atoms with E-state index in [4.69, 9.17) is 0 Å². The van der Waals surface area contributed by atoms with Gasteiger partial charge in [0.25, 0.3) is 0 Å². The van der Waals surface area contributed by atoms with Gasteiger partial charge in [-0.2, -0.15) is 15.4 Å². The van der Waals surface area contributed by atoms with E-state index in [2.05, 4.69) is 47.3 Å². The fourth-order valence-electron chi connectivity index (χ4n) is 0.868. The van der Waals surface area contributed by atoms with Crippen LogP contribution in [0.25, 0.3) is 11.0 Å². The van der Waals surface area contributed by atoms with E-state index in [1.807, 2.05) is 12.1 Å². The average molecular weight is 277 g/mol. The van der Waals surface area contributed by atoms with Crippen LogP contribution >= 0.6 is 31.9 Å². The van der Waals surface area contributed by atoms with E-state index in [1.165, 1.54) is 0 Å². The van der Waals surface area contributed by atoms with Crippen LogP contribution < -0.4 is 0 Å². The maximum atomic E-state index is 3.97. The van der Waals surface area contributed by atoms with E-state index in [9.17, 15) is 0 Å². The molecule has 0 amide bonds. The fourth-order valence-corrected chi connectivity index (χ4v) is 1.69. The van der Waals surface area contributed by atoms with Crippen LogP contribution in [0.3, 0.4) is 0 Å². The quantitative estimate of drug-likeness (QED) is 0.803. The molecule has 0 aliphatic heterocycles. The summed E-state index contributed by atoms with van der Waals surface area (Å²) in [7, 11) is 0. The fraction of sp³-hybridized carbons (Fsp3) is 0. The SMILES string of the molecule is Brc1ccc(Br)c2n[nH]nc12. The van der Waals surface area contributed by atoms with Crippen LogP contribution in [0.15, 0.2) is 21.1 Å². The molecule has 1 aromatic heterocycles. The van der Waals surface area contributed by atoms with Crippen LogP contribution in [-0.2, 0) is 0 Å². The number of aromatic nitrogens is 3. The first-order valence-electron chi connectivity index (χ1n) is 2.93. The number of nitrogens with zero attached hydrogens (tertiary/aromatic N) is 2. The first-order chi connectivity index (χ1) is 5.29. The summed E-state index contributed by atoms with van der Waals surface area (Å²) < 4.78 is 1.90. The molecular formula is C6H3Br2N3. The Bertz CT molecular complexity index is 360. The lowest BCUT2D eigenvalue weighted by molar-refractivity contribution is 0.958. The zero-order valence-electron chi connectivity index (χ0n) is 5.31. The predicted molar refractivity (Wildman–Crippen MR) is 49.3 cm³/mol. The summed E-state index contributed by atoms with van der Waals surface area (Å²) in [5.74, 6) is 0. The molecule has 0 atom stereocenters. The van der Waals surface area contributed by atoms with E-state index >= 15 is 0 Å². The molecule has 1 aromatic carbocycles. The van der Waals surface area contributed by atoms with Gasteiger partial charge in [0.1, 0.15) is 11.0 Å². The number of benzene rings is 1. The molecule has 0 fully saturated rings. The maximum absolute atomic E-state index is 3.97. The smallest absolute Gasteiger partial charge is 0.128 e. The summed E-state index contributed by atoms with van der Waals surface area (Å²) in [5, 5.41) is 10.5. The van der Waals surface area contributed by atoms with Crippen molar-refractivity contribution in [2.75, 3.05) is 0 Å². The standard InChI is InChI=1S/C6H3Br2N3/c7-3-1-2-4(8)6-5(3)9-11-10-6/h1-2H,(H,9,10,11). The van der Waals surface area contributed by atoms with E-state index in [-0.39, 0.29) is 0 Å². The molecule has 2 aromatic rings. The number of H-pyrrole nitrogens is 1. The minimum atomic E-state index is 0.847. The van der Waals surface area contributed by atoms with Crippen LogP contribution in [0.4, 0.5) is 0 Å². The van der Waals surface area contributed by atoms with Crippen molar-refractivity contribution in [3.8, 4) is 0 Å². The van der Waals surface area contributed by atoms with Crippen molar-refractivity contribution in [2.45, 2.75) is 0 Å². The number of fused-ring (bicyclic) bond motifs is 1. The van der Waals surface area contributed by atoms with Gasteiger partial charge in [-0.3, -0.25) is 0 Å². The zero-order valence-corrected chi connectivity index (χ0v) is 8.48. The average Bonchev–Trinajstić information content (AvgIpc) is 2.45. The molecule has 0 aliphatic rings. The van der Waals surface area contributed by atoms with Crippen molar-refractivity contribution in [3.63, 3.8) is 0 Å². The Morgan fingerprint density at radius 2 is 1.45 bits per heavy atom. The Kier molecular flexibility index (Phi) is 1.69. The lowest BCUT2D eigenvalue weighted by Gasteiger charge is -1.91. The second kappa shape index (κ2) is 2.57. The Morgan fingerprint density at radius 1 is 1.00 bits per heavy atom. The monoisotopic (exact) mass is 275 g/mol. The number of aromatic amines is 1. The minimum Gasteiger partial charge on any atom is -0.197 e. The number of rotatable bonds is 0. The molecule has 11 heavy (non-hydrogen) atoms. The van der Waals surface area contributed by atoms with Crippen LogP contribution in [0.1, 0.15) is 0 Å². The third-order valence-electron chi connectivity index (χ3n) is 1.38. The van der Waals surface area contributed by atoms with Gasteiger partial charge in [-0.25, -0.2) is 0 Å². The number of hydrogen-bond acceptors (Lipinski definition) is 2. The molecule has 0 radical (unpaired) electrons. The zero-order chi connectivity index (χ0) is 7.84. The van der Waals surface area contributed by atoms with Crippen molar-refractivity contribution in [1.82, 2.24) is 15.4 Å². The molecule has 0 unspecified atom stereocenters. The van der Waals surface area contributed by atoms with Crippen molar-refractivity contribution in [3.05, 3.63) is 21.1 Å². The van der Waals surface area contributed by atoms with Crippen molar-refractivity contribution in [2.24, 2.45) is 0 Å². The number of hydrogen-bond donors (Lipinski definition) is 1. The van der Waals surface area contributed by atoms with Crippen molar-refractivity contribution in [1.29, 1.82) is 0 Å². The van der Waals surface area contributed by atoms with Gasteiger partial charge >= 0.3 is 0 Å². The molecule has 1 heterocycles. The normalized spacial score (nSPS) is 10.7. The second-order valence-electron chi connectivity index (χ2n) is 2.05. The highest BCUT2D eigenvalue weighted by Crippen LogP contribution is 2.26. The van der Waals surface area contributed by atoms with Gasteiger partial charge in [-0.1, -0.05) is 0 Å². The highest BCUT2D eigenvalue weighted by Gasteiger charge is 2.04. The summed E-state index contributed by atoms with van der Waals surface area (Å²) in [4.78, 5) is 0. The Hall–Kier alpha value is -0.420. The summed E-state index contributed by atoms with van der Waals surface area (Å²) >= 11 is 6.73. The third-order valence-corrected chi connectivity index (χ3v) is 2.66. The molecule has 0 saturated heterocycles. The predicted octanol–water partition coefficient (Wildman–Crippen LogP) is 2.48. The van der Waals surface area contributed by atoms with Gasteiger partial charge < -0.3 is 0 Å². The lowest BCUT2D eigenvalue weighted by Crippen LogP contribution is -1.73. The summed E-state index contributed by atoms with van der Waals surface area (Å²) in [6, 6.07) is 3.85. The molecule has 0 saturated carbocycles. The molecule has 56 valence electrons. The molecule has 3 nitrogen and oxygen atoms in total. The Morgan fingerprint density at radius 3 is 1.91 bits per heavy atom. The van der Waals surface area contributed by atoms with Crippen molar-refractivity contribution < 1.29 is 0 Å². The van der Waals surface area contributed by atoms with Crippen LogP contribution in [0.5, 0.6) is 0 Å². The van der Waals surface area contributed by atoms with Gasteiger partial charge in [0.05, 0.1) is 0 Å². The van der Waals surface area contributed by atoms with E-state index in [1.54, 1.807) is 0 Å². The summed E-state index contributed by atoms with van der Waals surface area (Å²) in [6.07, 6.45) is 0. The van der Waals surface area contributed by atoms with E-state index < -0.39 is 0 Å². The minimum absolute atomic E-state index is 0.847. The molecule has 1 N–H and O–H groups in total. The molecule has 0 bridgehead atoms. The lowest BCUT2D eigenvalue weighted by atomic mass is 10.3. The highest BCUT2D eigenvalue weighted by molar-refractivity contribution is 9.11. The molecule has 5 heteroatoms. The topological polar surface area (TPSA) is 41.6 Å². The van der Waals surface area contributed by atoms with Crippen LogP contribution in [0, 0.1) is 0 Å². The Labute approximate surface area is 79.4 Å². The van der Waals surface area contributed by atoms with Gasteiger partial charge in [0.2, 0.25) is 0 Å². The van der Waals surface area contributed by atoms with Gasteiger partial charge in [0, 0.05) is 8.95 Å². The first kappa shape index (κ1) is 7.24. The molecule has 0 spiro atoms. The highest BCUT2D eigenvalue weighted by atomic mass is 79.9. The Balaban J connectivity index is 2.96. The van der Waals surface area contributed by atoms with E-state index in [0.717, 1.165) is 20.0 Å². The first-order valence-corrected chi connectivity index (χ1v) is 4.52. The summed E-state index contributed by atoms with van der Waals surface area (Å²) in [6.45, 7) is 0. The second-order valence-corrected chi connectivity index (χ2v) is 3.76. The van der Waals surface area contributed by atoms with Crippen molar-refractivity contribution >= 4 is 42.9 Å². The largest absolute Gasteiger partial charge is 0.197 e. The number of nitrogens with one attached hydrogen (secondary N) is 1. The molecular weight excluding hydrogens is 274 g/mol. The molecule has 2 rings (SSSR count). The van der Waals surface area contributed by atoms with E-state index in [0.29, 0.717) is 0 Å². The van der Waals surface area contributed by atoms with Gasteiger partial charge in [-0.05, 0) is 44.0 Å². The van der Waals surface area contributed by atoms with Gasteiger partial charge in [0.15, 0.2) is 0 Å². The summed E-state index contributed by atoms with van der Waals surface area (Å²) in [5.41, 5.74) is 1.69. The molecule has 0 aliphatic carbocycles. The van der Waals surface area contributed by atoms with Crippen LogP contribution in [0.2, 0.25) is 0 Å². The maximum Gasteiger partial charge on any atom is 0.128 e. The van der Waals surface area contributed by atoms with Gasteiger partial charge in [-0.15, -0.1) is 0 Å².